The Morgan fingerprint density at radius 3 is 2.30 bits per heavy atom. The molecule has 2 nitrogen and oxygen atoms in total. The van der Waals surface area contributed by atoms with Gasteiger partial charge in [0.05, 0.1) is 0 Å². The summed E-state index contributed by atoms with van der Waals surface area (Å²) in [5.41, 5.74) is 2.04. The van der Waals surface area contributed by atoms with E-state index in [4.69, 9.17) is 4.74 Å². The van der Waals surface area contributed by atoms with Crippen LogP contribution >= 0.6 is 0 Å². The summed E-state index contributed by atoms with van der Waals surface area (Å²) in [7, 11) is 0. The third-order valence-electron chi connectivity index (χ3n) is 3.13. The molecule has 0 saturated heterocycles. The van der Waals surface area contributed by atoms with Crippen molar-refractivity contribution in [2.45, 2.75) is 6.42 Å². The molecule has 0 spiro atoms. The van der Waals surface area contributed by atoms with Crippen LogP contribution in [0.2, 0.25) is 0 Å². The van der Waals surface area contributed by atoms with Gasteiger partial charge in [-0.1, -0.05) is 0 Å². The Bertz CT molecular complexity index is 633. The summed E-state index contributed by atoms with van der Waals surface area (Å²) >= 11 is -0.508. The van der Waals surface area contributed by atoms with Crippen molar-refractivity contribution in [2.75, 3.05) is 6.61 Å². The van der Waals surface area contributed by atoms with Gasteiger partial charge in [0.25, 0.3) is 0 Å². The van der Waals surface area contributed by atoms with Crippen LogP contribution in [0.4, 0.5) is 0 Å². The van der Waals surface area contributed by atoms with Crippen molar-refractivity contribution >= 4 is 30.5 Å². The van der Waals surface area contributed by atoms with Crippen molar-refractivity contribution in [3.63, 3.8) is 0 Å². The van der Waals surface area contributed by atoms with E-state index in [0.29, 0.717) is 13.0 Å². The fraction of sp³-hybridized carbons (Fsp3) is 0.118. The second-order valence-corrected chi connectivity index (χ2v) is 7.89. The quantitative estimate of drug-likeness (QED) is 0.602. The minimum absolute atomic E-state index is 0.134. The molecule has 3 rings (SSSR count). The molecule has 0 amide bonds. The zero-order valence-corrected chi connectivity index (χ0v) is 13.2. The summed E-state index contributed by atoms with van der Waals surface area (Å²) in [4.78, 5) is 11.9. The minimum atomic E-state index is -0.508. The number of carbonyl (C=O) groups is 1. The van der Waals surface area contributed by atoms with Gasteiger partial charge in [-0.05, 0) is 0 Å². The summed E-state index contributed by atoms with van der Waals surface area (Å²) in [6.45, 7) is 0.484. The fourth-order valence-corrected chi connectivity index (χ4v) is 4.89. The maximum absolute atomic E-state index is 11.9. The molecule has 1 aliphatic rings. The molecule has 2 aromatic rings. The van der Waals surface area contributed by atoms with Gasteiger partial charge in [-0.2, -0.15) is 0 Å². The van der Waals surface area contributed by atoms with Crippen LogP contribution in [0.3, 0.4) is 0 Å². The molecule has 0 bridgehead atoms. The first-order valence-corrected chi connectivity index (χ1v) is 8.82. The molecular formula is C17H14O2Te. The predicted octanol–water partition coefficient (Wildman–Crippen LogP) is 2.07. The summed E-state index contributed by atoms with van der Waals surface area (Å²) in [5.74, 6) is -0.134. The molecule has 1 heterocycles. The Morgan fingerprint density at radius 2 is 1.60 bits per heavy atom. The van der Waals surface area contributed by atoms with Crippen LogP contribution in [0.15, 0.2) is 69.9 Å². The van der Waals surface area contributed by atoms with E-state index in [9.17, 15) is 4.79 Å². The van der Waals surface area contributed by atoms with E-state index in [1.54, 1.807) is 0 Å². The van der Waals surface area contributed by atoms with E-state index in [1.165, 1.54) is 12.8 Å². The first-order valence-electron chi connectivity index (χ1n) is 6.49. The van der Waals surface area contributed by atoms with Gasteiger partial charge < -0.3 is 0 Å². The van der Waals surface area contributed by atoms with Gasteiger partial charge in [-0.15, -0.1) is 0 Å². The second kappa shape index (κ2) is 6.26. The molecule has 0 atom stereocenters. The van der Waals surface area contributed by atoms with Gasteiger partial charge in [0, 0.05) is 0 Å². The first-order chi connectivity index (χ1) is 9.83. The van der Waals surface area contributed by atoms with E-state index in [-0.39, 0.29) is 5.97 Å². The molecule has 100 valence electrons. The number of hydrogen-bond donors (Lipinski definition) is 0. The number of hydrogen-bond acceptors (Lipinski definition) is 2. The summed E-state index contributed by atoms with van der Waals surface area (Å²) in [5, 5.41) is 0. The van der Waals surface area contributed by atoms with Gasteiger partial charge in [0.1, 0.15) is 0 Å². The molecular weight excluding hydrogens is 364 g/mol. The van der Waals surface area contributed by atoms with E-state index in [2.05, 4.69) is 36.4 Å². The number of ether oxygens (including phenoxy) is 1. The number of benzene rings is 2. The molecule has 0 saturated carbocycles. The molecule has 0 fully saturated rings. The van der Waals surface area contributed by atoms with E-state index >= 15 is 0 Å². The second-order valence-electron chi connectivity index (χ2n) is 4.56. The molecule has 0 aliphatic carbocycles. The third-order valence-corrected chi connectivity index (χ3v) is 6.32. The Hall–Kier alpha value is -1.56. The number of esters is 1. The van der Waals surface area contributed by atoms with Gasteiger partial charge in [-0.3, -0.25) is 0 Å². The zero-order chi connectivity index (χ0) is 13.8. The molecule has 0 radical (unpaired) electrons. The van der Waals surface area contributed by atoms with Crippen molar-refractivity contribution in [1.82, 2.24) is 0 Å². The molecule has 3 heteroatoms. The van der Waals surface area contributed by atoms with Gasteiger partial charge in [-0.25, -0.2) is 0 Å². The average Bonchev–Trinajstić information content (AvgIpc) is 2.83. The normalized spacial score (nSPS) is 14.5. The zero-order valence-electron chi connectivity index (χ0n) is 10.9. The van der Waals surface area contributed by atoms with Crippen LogP contribution in [-0.4, -0.2) is 33.5 Å². The van der Waals surface area contributed by atoms with Gasteiger partial charge in [0.2, 0.25) is 0 Å². The Morgan fingerprint density at radius 1 is 0.950 bits per heavy atom. The van der Waals surface area contributed by atoms with E-state index in [0.717, 1.165) is 5.57 Å². The van der Waals surface area contributed by atoms with Gasteiger partial charge >= 0.3 is 128 Å². The summed E-state index contributed by atoms with van der Waals surface area (Å²) in [6.07, 6.45) is 0.687. The van der Waals surface area contributed by atoms with Crippen LogP contribution in [0.1, 0.15) is 5.56 Å². The molecule has 0 unspecified atom stereocenters. The van der Waals surface area contributed by atoms with Gasteiger partial charge in [0.15, 0.2) is 0 Å². The molecule has 20 heavy (non-hydrogen) atoms. The van der Waals surface area contributed by atoms with Crippen molar-refractivity contribution < 1.29 is 9.53 Å². The standard InChI is InChI=1S/C17H14O2Te/c18-17-15(11-13-7-3-1-4-8-13)16(12-19-17)20-14-9-5-2-6-10-14/h1-10H,11-12H2. The Kier molecular flexibility index (Phi) is 4.20. The average molecular weight is 378 g/mol. The number of carbonyl (C=O) groups excluding carboxylic acids is 1. The number of rotatable bonds is 4. The van der Waals surface area contributed by atoms with Crippen LogP contribution in [0, 0.1) is 0 Å². The summed E-state index contributed by atoms with van der Waals surface area (Å²) in [6, 6.07) is 20.5. The molecule has 0 aromatic heterocycles. The number of cyclic esters (lactones) is 1. The fourth-order valence-electron chi connectivity index (χ4n) is 2.11. The van der Waals surface area contributed by atoms with Crippen LogP contribution in [0.25, 0.3) is 0 Å². The van der Waals surface area contributed by atoms with Crippen molar-refractivity contribution in [3.05, 3.63) is 75.4 Å². The SMILES string of the molecule is O=C1OCC([Te]c2ccccc2)=C1Cc1ccccc1. The third kappa shape index (κ3) is 3.12. The van der Waals surface area contributed by atoms with Crippen LogP contribution in [0.5, 0.6) is 0 Å². The molecule has 0 N–H and O–H groups in total. The topological polar surface area (TPSA) is 26.3 Å². The maximum atomic E-state index is 11.9. The van der Waals surface area contributed by atoms with Crippen molar-refractivity contribution in [2.24, 2.45) is 0 Å². The van der Waals surface area contributed by atoms with E-state index in [1.807, 2.05) is 24.3 Å². The first kappa shape index (κ1) is 13.4. The van der Waals surface area contributed by atoms with Crippen molar-refractivity contribution in [1.29, 1.82) is 0 Å². The molecule has 1 aliphatic heterocycles. The Labute approximate surface area is 128 Å². The molecule has 2 aromatic carbocycles. The monoisotopic (exact) mass is 380 g/mol. The van der Waals surface area contributed by atoms with Crippen molar-refractivity contribution in [3.8, 4) is 0 Å². The van der Waals surface area contributed by atoms with Crippen LogP contribution in [-0.2, 0) is 16.0 Å². The van der Waals surface area contributed by atoms with Crippen LogP contribution < -0.4 is 3.61 Å². The van der Waals surface area contributed by atoms with E-state index < -0.39 is 20.9 Å². The summed E-state index contributed by atoms with van der Waals surface area (Å²) < 4.78 is 7.82. The Balaban J connectivity index is 1.84. The predicted molar refractivity (Wildman–Crippen MR) is 80.0 cm³/mol.